The van der Waals surface area contributed by atoms with Crippen LogP contribution in [0.1, 0.15) is 58.3 Å². The SMILES string of the molecule is CC1CCNCCCN1C1CCCCCC1. The topological polar surface area (TPSA) is 15.3 Å². The number of hydrogen-bond acceptors (Lipinski definition) is 2. The maximum atomic E-state index is 3.53. The fraction of sp³-hybridized carbons (Fsp3) is 1.00. The van der Waals surface area contributed by atoms with E-state index < -0.39 is 0 Å². The molecule has 0 radical (unpaired) electrons. The van der Waals surface area contributed by atoms with Crippen molar-refractivity contribution < 1.29 is 0 Å². The lowest BCUT2D eigenvalue weighted by molar-refractivity contribution is 0.115. The van der Waals surface area contributed by atoms with Gasteiger partial charge in [-0.05, 0) is 52.2 Å². The average Bonchev–Trinajstić information content (AvgIpc) is 2.53. The zero-order valence-electron chi connectivity index (χ0n) is 10.9. The van der Waals surface area contributed by atoms with Crippen molar-refractivity contribution in [1.82, 2.24) is 10.2 Å². The molecule has 2 aliphatic rings. The Kier molecular flexibility index (Phi) is 5.11. The van der Waals surface area contributed by atoms with Crippen LogP contribution in [0.3, 0.4) is 0 Å². The van der Waals surface area contributed by atoms with E-state index in [4.69, 9.17) is 0 Å². The smallest absolute Gasteiger partial charge is 0.00980 e. The minimum absolute atomic E-state index is 0.788. The maximum Gasteiger partial charge on any atom is 0.00980 e. The van der Waals surface area contributed by atoms with E-state index in [0.29, 0.717) is 0 Å². The van der Waals surface area contributed by atoms with Gasteiger partial charge in [0.15, 0.2) is 0 Å². The van der Waals surface area contributed by atoms with Crippen LogP contribution < -0.4 is 5.32 Å². The van der Waals surface area contributed by atoms with Gasteiger partial charge in [-0.3, -0.25) is 4.90 Å². The van der Waals surface area contributed by atoms with Crippen LogP contribution in [0, 0.1) is 0 Å². The second-order valence-electron chi connectivity index (χ2n) is 5.62. The first-order valence-electron chi connectivity index (χ1n) is 7.34. The molecule has 1 saturated heterocycles. The zero-order chi connectivity index (χ0) is 11.2. The summed E-state index contributed by atoms with van der Waals surface area (Å²) in [6.07, 6.45) is 11.5. The van der Waals surface area contributed by atoms with Crippen molar-refractivity contribution in [2.75, 3.05) is 19.6 Å². The van der Waals surface area contributed by atoms with Gasteiger partial charge in [0.2, 0.25) is 0 Å². The highest BCUT2D eigenvalue weighted by molar-refractivity contribution is 4.80. The molecule has 0 spiro atoms. The first kappa shape index (κ1) is 12.4. The normalized spacial score (nSPS) is 31.7. The molecule has 1 unspecified atom stereocenters. The zero-order valence-corrected chi connectivity index (χ0v) is 10.9. The van der Waals surface area contributed by atoms with E-state index in [-0.39, 0.29) is 0 Å². The van der Waals surface area contributed by atoms with E-state index >= 15 is 0 Å². The molecule has 16 heavy (non-hydrogen) atoms. The molecule has 2 heteroatoms. The van der Waals surface area contributed by atoms with Gasteiger partial charge < -0.3 is 5.32 Å². The Morgan fingerprint density at radius 2 is 1.62 bits per heavy atom. The summed E-state index contributed by atoms with van der Waals surface area (Å²) < 4.78 is 0. The predicted octanol–water partition coefficient (Wildman–Crippen LogP) is 2.78. The number of nitrogens with zero attached hydrogens (tertiary/aromatic N) is 1. The third-order valence-corrected chi connectivity index (χ3v) is 4.37. The van der Waals surface area contributed by atoms with E-state index in [1.54, 1.807) is 0 Å². The molecule has 1 saturated carbocycles. The first-order valence-corrected chi connectivity index (χ1v) is 7.34. The van der Waals surface area contributed by atoms with Gasteiger partial charge in [0.1, 0.15) is 0 Å². The molecule has 0 amide bonds. The van der Waals surface area contributed by atoms with Gasteiger partial charge in [0.05, 0.1) is 0 Å². The van der Waals surface area contributed by atoms with E-state index in [9.17, 15) is 0 Å². The number of rotatable bonds is 1. The van der Waals surface area contributed by atoms with Crippen LogP contribution in [0.2, 0.25) is 0 Å². The van der Waals surface area contributed by atoms with E-state index in [1.807, 2.05) is 0 Å². The highest BCUT2D eigenvalue weighted by Gasteiger charge is 2.24. The predicted molar refractivity (Wildman–Crippen MR) is 69.8 cm³/mol. The Hall–Kier alpha value is -0.0800. The van der Waals surface area contributed by atoms with Crippen LogP contribution in [0.5, 0.6) is 0 Å². The number of nitrogens with one attached hydrogen (secondary N) is 1. The number of hydrogen-bond donors (Lipinski definition) is 1. The van der Waals surface area contributed by atoms with Crippen LogP contribution in [-0.4, -0.2) is 36.6 Å². The molecule has 0 aromatic rings. The van der Waals surface area contributed by atoms with Gasteiger partial charge >= 0.3 is 0 Å². The van der Waals surface area contributed by atoms with E-state index in [2.05, 4.69) is 17.1 Å². The standard InChI is InChI=1S/C14H28N2/c1-13-9-11-15-10-6-12-16(13)14-7-4-2-3-5-8-14/h13-15H,2-12H2,1H3. The summed E-state index contributed by atoms with van der Waals surface area (Å²) in [7, 11) is 0. The van der Waals surface area contributed by atoms with Crippen molar-refractivity contribution in [2.45, 2.75) is 70.4 Å². The van der Waals surface area contributed by atoms with Crippen LogP contribution in [0.25, 0.3) is 0 Å². The van der Waals surface area contributed by atoms with Crippen molar-refractivity contribution in [3.05, 3.63) is 0 Å². The molecule has 1 aliphatic carbocycles. The molecule has 1 heterocycles. The Labute approximate surface area is 101 Å². The first-order chi connectivity index (χ1) is 7.88. The van der Waals surface area contributed by atoms with Crippen molar-refractivity contribution in [2.24, 2.45) is 0 Å². The maximum absolute atomic E-state index is 3.53. The molecule has 2 rings (SSSR count). The molecule has 1 aliphatic heterocycles. The Morgan fingerprint density at radius 3 is 2.38 bits per heavy atom. The van der Waals surface area contributed by atoms with E-state index in [0.717, 1.165) is 12.1 Å². The summed E-state index contributed by atoms with van der Waals surface area (Å²) in [4.78, 5) is 2.83. The molecule has 1 atom stereocenters. The fourth-order valence-electron chi connectivity index (χ4n) is 3.34. The molecule has 1 N–H and O–H groups in total. The van der Waals surface area contributed by atoms with Gasteiger partial charge in [-0.15, -0.1) is 0 Å². The largest absolute Gasteiger partial charge is 0.317 e. The fourth-order valence-corrected chi connectivity index (χ4v) is 3.34. The molecule has 2 nitrogen and oxygen atoms in total. The minimum atomic E-state index is 0.788. The summed E-state index contributed by atoms with van der Waals surface area (Å²) in [5, 5.41) is 3.53. The van der Waals surface area contributed by atoms with Crippen LogP contribution in [0.4, 0.5) is 0 Å². The molecular weight excluding hydrogens is 196 g/mol. The quantitative estimate of drug-likeness (QED) is 0.689. The lowest BCUT2D eigenvalue weighted by Crippen LogP contribution is -2.45. The second kappa shape index (κ2) is 6.61. The lowest BCUT2D eigenvalue weighted by atomic mass is 10.0. The molecule has 94 valence electrons. The molecule has 0 aromatic carbocycles. The van der Waals surface area contributed by atoms with E-state index in [1.165, 1.54) is 71.0 Å². The Balaban J connectivity index is 1.91. The van der Waals surface area contributed by atoms with Gasteiger partial charge in [-0.1, -0.05) is 25.7 Å². The highest BCUT2D eigenvalue weighted by Crippen LogP contribution is 2.24. The minimum Gasteiger partial charge on any atom is -0.317 e. The highest BCUT2D eigenvalue weighted by atomic mass is 15.2. The van der Waals surface area contributed by atoms with Crippen LogP contribution in [-0.2, 0) is 0 Å². The van der Waals surface area contributed by atoms with Gasteiger partial charge in [-0.25, -0.2) is 0 Å². The van der Waals surface area contributed by atoms with Gasteiger partial charge in [0, 0.05) is 12.1 Å². The van der Waals surface area contributed by atoms with Crippen LogP contribution >= 0.6 is 0 Å². The van der Waals surface area contributed by atoms with Crippen molar-refractivity contribution in [3.8, 4) is 0 Å². The molecule has 0 aromatic heterocycles. The van der Waals surface area contributed by atoms with Gasteiger partial charge in [-0.2, -0.15) is 0 Å². The summed E-state index contributed by atoms with van der Waals surface area (Å²) in [5.41, 5.74) is 0. The summed E-state index contributed by atoms with van der Waals surface area (Å²) in [5.74, 6) is 0. The van der Waals surface area contributed by atoms with Crippen LogP contribution in [0.15, 0.2) is 0 Å². The Bertz CT molecular complexity index is 185. The molecule has 0 bridgehead atoms. The van der Waals surface area contributed by atoms with Crippen molar-refractivity contribution >= 4 is 0 Å². The van der Waals surface area contributed by atoms with Gasteiger partial charge in [0.25, 0.3) is 0 Å². The lowest BCUT2D eigenvalue weighted by Gasteiger charge is -2.37. The summed E-state index contributed by atoms with van der Waals surface area (Å²) in [6, 6.07) is 1.69. The average molecular weight is 224 g/mol. The summed E-state index contributed by atoms with van der Waals surface area (Å²) in [6.45, 7) is 6.18. The third kappa shape index (κ3) is 3.46. The second-order valence-corrected chi connectivity index (χ2v) is 5.62. The Morgan fingerprint density at radius 1 is 0.875 bits per heavy atom. The molecular formula is C14H28N2. The van der Waals surface area contributed by atoms with Crippen molar-refractivity contribution in [3.63, 3.8) is 0 Å². The third-order valence-electron chi connectivity index (χ3n) is 4.37. The van der Waals surface area contributed by atoms with Crippen molar-refractivity contribution in [1.29, 1.82) is 0 Å². The molecule has 2 fully saturated rings. The monoisotopic (exact) mass is 224 g/mol. The summed E-state index contributed by atoms with van der Waals surface area (Å²) >= 11 is 0.